The van der Waals surface area contributed by atoms with Crippen LogP contribution in [-0.2, 0) is 7.05 Å². The van der Waals surface area contributed by atoms with E-state index in [0.29, 0.717) is 16.7 Å². The van der Waals surface area contributed by atoms with E-state index in [9.17, 15) is 4.79 Å². The molecular weight excluding hydrogens is 432 g/mol. The lowest BCUT2D eigenvalue weighted by molar-refractivity contribution is 0.415. The molecule has 0 atom stereocenters. The second-order valence-corrected chi connectivity index (χ2v) is 8.47. The number of ether oxygens (including phenoxy) is 1. The Morgan fingerprint density at radius 3 is 2.42 bits per heavy atom. The van der Waals surface area contributed by atoms with E-state index >= 15 is 0 Å². The number of fused-ring (bicyclic) bond motifs is 1. The van der Waals surface area contributed by atoms with Gasteiger partial charge in [-0.2, -0.15) is 0 Å². The number of aromatic nitrogens is 3. The van der Waals surface area contributed by atoms with Crippen LogP contribution in [0.15, 0.2) is 88.0 Å². The molecule has 7 heteroatoms. The molecule has 0 amide bonds. The van der Waals surface area contributed by atoms with Gasteiger partial charge in [-0.3, -0.25) is 9.36 Å². The molecule has 2 heterocycles. The third-order valence-corrected chi connectivity index (χ3v) is 6.50. The molecule has 3 aromatic carbocycles. The first-order valence-electron chi connectivity index (χ1n) is 10.5. The van der Waals surface area contributed by atoms with Crippen LogP contribution >= 0.6 is 11.3 Å². The van der Waals surface area contributed by atoms with Crippen molar-refractivity contribution in [3.63, 3.8) is 0 Å². The van der Waals surface area contributed by atoms with Gasteiger partial charge in [0.1, 0.15) is 11.6 Å². The molecule has 0 saturated heterocycles. The molecule has 0 aliphatic heterocycles. The summed E-state index contributed by atoms with van der Waals surface area (Å²) in [6.07, 6.45) is 0. The van der Waals surface area contributed by atoms with Crippen molar-refractivity contribution < 1.29 is 4.74 Å². The second kappa shape index (κ2) is 8.52. The highest BCUT2D eigenvalue weighted by Crippen LogP contribution is 2.23. The highest BCUT2D eigenvalue weighted by Gasteiger charge is 2.10. The maximum atomic E-state index is 13.0. The number of hydrogen-bond acceptors (Lipinski definition) is 5. The van der Waals surface area contributed by atoms with Crippen molar-refractivity contribution >= 4 is 27.9 Å². The third kappa shape index (κ3) is 3.87. The number of benzene rings is 3. The Morgan fingerprint density at radius 2 is 1.70 bits per heavy atom. The summed E-state index contributed by atoms with van der Waals surface area (Å²) < 4.78 is 8.96. The van der Waals surface area contributed by atoms with Gasteiger partial charge in [0.25, 0.3) is 5.56 Å². The van der Waals surface area contributed by atoms with E-state index in [1.807, 2.05) is 86.8 Å². The van der Waals surface area contributed by atoms with Gasteiger partial charge in [0, 0.05) is 12.4 Å². The molecule has 33 heavy (non-hydrogen) atoms. The van der Waals surface area contributed by atoms with Crippen LogP contribution in [0.2, 0.25) is 0 Å². The summed E-state index contributed by atoms with van der Waals surface area (Å²) >= 11 is 1.58. The predicted octanol–water partition coefficient (Wildman–Crippen LogP) is 5.00. The zero-order chi connectivity index (χ0) is 22.9. The van der Waals surface area contributed by atoms with E-state index in [-0.39, 0.29) is 5.56 Å². The Bertz CT molecular complexity index is 1580. The van der Waals surface area contributed by atoms with Crippen molar-refractivity contribution in [1.82, 2.24) is 14.1 Å². The maximum Gasteiger partial charge on any atom is 0.265 e. The van der Waals surface area contributed by atoms with Gasteiger partial charge in [-0.15, -0.1) is 11.3 Å². The van der Waals surface area contributed by atoms with Crippen molar-refractivity contribution in [2.24, 2.45) is 12.0 Å². The Kier molecular flexibility index (Phi) is 5.40. The van der Waals surface area contributed by atoms with E-state index < -0.39 is 0 Å². The molecule has 164 valence electrons. The summed E-state index contributed by atoms with van der Waals surface area (Å²) in [5.41, 5.74) is 4.41. The fourth-order valence-corrected chi connectivity index (χ4v) is 4.75. The van der Waals surface area contributed by atoms with Crippen LogP contribution in [0.3, 0.4) is 0 Å². The lowest BCUT2D eigenvalue weighted by Crippen LogP contribution is -2.22. The lowest BCUT2D eigenvalue weighted by atomic mass is 10.1. The highest BCUT2D eigenvalue weighted by atomic mass is 32.1. The molecule has 0 aliphatic carbocycles. The SMILES string of the molecule is COc1ccc(-c2csc(=Nc3ccc(-n4c(C)nc5ccccc5c4=O)cc3)n2C)cc1. The molecule has 6 nitrogen and oxygen atoms in total. The summed E-state index contributed by atoms with van der Waals surface area (Å²) in [7, 11) is 3.67. The van der Waals surface area contributed by atoms with Gasteiger partial charge in [0.15, 0.2) is 4.80 Å². The number of thiazole rings is 1. The smallest absolute Gasteiger partial charge is 0.265 e. The van der Waals surface area contributed by atoms with Crippen molar-refractivity contribution in [3.8, 4) is 22.7 Å². The maximum absolute atomic E-state index is 13.0. The first-order valence-corrected chi connectivity index (χ1v) is 11.4. The monoisotopic (exact) mass is 454 g/mol. The minimum atomic E-state index is -0.0726. The number of rotatable bonds is 4. The molecule has 0 bridgehead atoms. The number of para-hydroxylation sites is 1. The Morgan fingerprint density at radius 1 is 0.970 bits per heavy atom. The second-order valence-electron chi connectivity index (χ2n) is 7.64. The van der Waals surface area contributed by atoms with Crippen LogP contribution in [0.5, 0.6) is 5.75 Å². The zero-order valence-electron chi connectivity index (χ0n) is 18.5. The van der Waals surface area contributed by atoms with E-state index in [2.05, 4.69) is 14.9 Å². The molecule has 0 spiro atoms. The number of aryl methyl sites for hydroxylation is 1. The van der Waals surface area contributed by atoms with Crippen LogP contribution in [-0.4, -0.2) is 21.2 Å². The average molecular weight is 455 g/mol. The Labute approximate surface area is 194 Å². The molecule has 0 unspecified atom stereocenters. The fraction of sp³-hybridized carbons (Fsp3) is 0.115. The van der Waals surface area contributed by atoms with Crippen molar-refractivity contribution in [2.45, 2.75) is 6.92 Å². The standard InChI is InChI=1S/C26H22N4O2S/c1-17-27-23-7-5-4-6-22(23)25(31)30(17)20-12-10-19(11-13-20)28-26-29(2)24(16-33-26)18-8-14-21(32-3)15-9-18/h4-16H,1-3H3. The minimum Gasteiger partial charge on any atom is -0.497 e. The van der Waals surface area contributed by atoms with Crippen molar-refractivity contribution in [1.29, 1.82) is 0 Å². The van der Waals surface area contributed by atoms with E-state index in [1.54, 1.807) is 23.0 Å². The third-order valence-electron chi connectivity index (χ3n) is 5.59. The molecule has 5 aromatic rings. The van der Waals surface area contributed by atoms with Gasteiger partial charge < -0.3 is 9.30 Å². The first kappa shape index (κ1) is 20.9. The summed E-state index contributed by atoms with van der Waals surface area (Å²) in [6, 6.07) is 23.0. The van der Waals surface area contributed by atoms with E-state index in [0.717, 1.165) is 33.2 Å². The molecule has 5 rings (SSSR count). The van der Waals surface area contributed by atoms with Gasteiger partial charge >= 0.3 is 0 Å². The highest BCUT2D eigenvalue weighted by molar-refractivity contribution is 7.07. The van der Waals surface area contributed by atoms with E-state index in [4.69, 9.17) is 9.73 Å². The van der Waals surface area contributed by atoms with Gasteiger partial charge in [-0.1, -0.05) is 12.1 Å². The summed E-state index contributed by atoms with van der Waals surface area (Å²) in [4.78, 5) is 23.3. The molecule has 0 saturated carbocycles. The number of hydrogen-bond donors (Lipinski definition) is 0. The Hall–Kier alpha value is -3.97. The molecule has 0 aliphatic rings. The molecular formula is C26H22N4O2S. The topological polar surface area (TPSA) is 61.4 Å². The van der Waals surface area contributed by atoms with E-state index in [1.165, 1.54) is 0 Å². The largest absolute Gasteiger partial charge is 0.497 e. The molecule has 0 radical (unpaired) electrons. The van der Waals surface area contributed by atoms with Crippen molar-refractivity contribution in [3.05, 3.63) is 99.2 Å². The number of nitrogens with zero attached hydrogens (tertiary/aromatic N) is 4. The van der Waals surface area contributed by atoms with Crippen LogP contribution in [0.4, 0.5) is 5.69 Å². The summed E-state index contributed by atoms with van der Waals surface area (Å²) in [5, 5.41) is 2.70. The molecule has 2 aromatic heterocycles. The molecule has 0 fully saturated rings. The van der Waals surface area contributed by atoms with Crippen LogP contribution in [0, 0.1) is 6.92 Å². The van der Waals surface area contributed by atoms with Crippen LogP contribution in [0.25, 0.3) is 27.8 Å². The van der Waals surface area contributed by atoms with Gasteiger partial charge in [0.2, 0.25) is 0 Å². The minimum absolute atomic E-state index is 0.0726. The first-order chi connectivity index (χ1) is 16.0. The zero-order valence-corrected chi connectivity index (χ0v) is 19.3. The predicted molar refractivity (Wildman–Crippen MR) is 133 cm³/mol. The quantitative estimate of drug-likeness (QED) is 0.384. The fourth-order valence-electron chi connectivity index (χ4n) is 3.83. The molecule has 0 N–H and O–H groups in total. The summed E-state index contributed by atoms with van der Waals surface area (Å²) in [5.74, 6) is 1.48. The van der Waals surface area contributed by atoms with Gasteiger partial charge in [-0.05, 0) is 73.2 Å². The Balaban J connectivity index is 1.49. The van der Waals surface area contributed by atoms with Gasteiger partial charge in [-0.25, -0.2) is 9.98 Å². The average Bonchev–Trinajstić information content (AvgIpc) is 3.20. The normalized spacial score (nSPS) is 11.8. The van der Waals surface area contributed by atoms with Crippen LogP contribution < -0.4 is 15.1 Å². The van der Waals surface area contributed by atoms with Crippen LogP contribution in [0.1, 0.15) is 5.82 Å². The lowest BCUT2D eigenvalue weighted by Gasteiger charge is -2.11. The number of methoxy groups -OCH3 is 1. The summed E-state index contributed by atoms with van der Waals surface area (Å²) in [6.45, 7) is 1.85. The van der Waals surface area contributed by atoms with Gasteiger partial charge in [0.05, 0.1) is 35.1 Å². The van der Waals surface area contributed by atoms with Crippen molar-refractivity contribution in [2.75, 3.05) is 7.11 Å².